The Bertz CT molecular complexity index is 456. The van der Waals surface area contributed by atoms with Gasteiger partial charge in [0.2, 0.25) is 0 Å². The Kier molecular flexibility index (Phi) is 4.49. The molecule has 19 heavy (non-hydrogen) atoms. The van der Waals surface area contributed by atoms with E-state index in [1.807, 2.05) is 6.92 Å². The van der Waals surface area contributed by atoms with Gasteiger partial charge in [0.25, 0.3) is 0 Å². The molecule has 0 fully saturated rings. The lowest BCUT2D eigenvalue weighted by atomic mass is 10.1. The molecule has 0 unspecified atom stereocenters. The van der Waals surface area contributed by atoms with Crippen LogP contribution in [0.2, 0.25) is 0 Å². The fraction of sp³-hybridized carbons (Fsp3) is 0.417. The highest BCUT2D eigenvalue weighted by Crippen LogP contribution is 2.35. The highest BCUT2D eigenvalue weighted by atomic mass is 19.4. The van der Waals surface area contributed by atoms with E-state index in [1.165, 1.54) is 0 Å². The molecule has 0 aliphatic carbocycles. The lowest BCUT2D eigenvalue weighted by Gasteiger charge is -2.19. The van der Waals surface area contributed by atoms with Crippen LogP contribution in [-0.4, -0.2) is 18.0 Å². The molecule has 1 N–H and O–H groups in total. The molecule has 0 aliphatic rings. The predicted octanol–water partition coefficient (Wildman–Crippen LogP) is 3.06. The summed E-state index contributed by atoms with van der Waals surface area (Å²) in [7, 11) is 0. The fourth-order valence-electron chi connectivity index (χ4n) is 1.49. The average molecular weight is 281 g/mol. The normalized spacial score (nSPS) is 12.3. The van der Waals surface area contributed by atoms with Crippen molar-refractivity contribution in [3.8, 4) is 0 Å². The molecule has 1 aromatic carbocycles. The number of amides is 1. The summed E-state index contributed by atoms with van der Waals surface area (Å²) in [6, 6.07) is 6.60. The molecule has 0 aromatic heterocycles. The molecular formula is C12H12F5NO. The molecule has 1 rings (SSSR count). The zero-order valence-corrected chi connectivity index (χ0v) is 10.0. The summed E-state index contributed by atoms with van der Waals surface area (Å²) in [5.41, 5.74) is 1.29. The number of alkyl halides is 5. The summed E-state index contributed by atoms with van der Waals surface area (Å²) in [5, 5.41) is 1.61. The Hall–Kier alpha value is -1.66. The molecule has 0 bridgehead atoms. The summed E-state index contributed by atoms with van der Waals surface area (Å²) in [4.78, 5) is 10.9. The van der Waals surface area contributed by atoms with E-state index < -0.39 is 18.0 Å². The van der Waals surface area contributed by atoms with Gasteiger partial charge in [0, 0.05) is 6.54 Å². The standard InChI is InChI=1S/C12H12F5NO/c1-2-8-5-3-4-6-9(8)7-18-10(19)11(13,14)12(15,16)17/h3-6H,2,7H2,1H3,(H,18,19). The lowest BCUT2D eigenvalue weighted by molar-refractivity contribution is -0.269. The first-order valence-corrected chi connectivity index (χ1v) is 5.49. The number of nitrogens with one attached hydrogen (secondary N) is 1. The van der Waals surface area contributed by atoms with Crippen molar-refractivity contribution in [3.05, 3.63) is 35.4 Å². The van der Waals surface area contributed by atoms with E-state index in [-0.39, 0.29) is 6.54 Å². The van der Waals surface area contributed by atoms with Crippen molar-refractivity contribution in [2.24, 2.45) is 0 Å². The number of carbonyl (C=O) groups excluding carboxylic acids is 1. The van der Waals surface area contributed by atoms with E-state index in [0.717, 1.165) is 5.56 Å². The van der Waals surface area contributed by atoms with Crippen LogP contribution in [0.1, 0.15) is 18.1 Å². The number of benzene rings is 1. The van der Waals surface area contributed by atoms with Crippen LogP contribution in [0.3, 0.4) is 0 Å². The van der Waals surface area contributed by atoms with Crippen LogP contribution in [0.4, 0.5) is 22.0 Å². The van der Waals surface area contributed by atoms with Gasteiger partial charge in [-0.3, -0.25) is 4.79 Å². The largest absolute Gasteiger partial charge is 0.463 e. The van der Waals surface area contributed by atoms with Gasteiger partial charge in [-0.05, 0) is 17.5 Å². The zero-order chi connectivity index (χ0) is 14.7. The van der Waals surface area contributed by atoms with Gasteiger partial charge in [-0.1, -0.05) is 31.2 Å². The quantitative estimate of drug-likeness (QED) is 0.844. The van der Waals surface area contributed by atoms with Crippen LogP contribution < -0.4 is 5.32 Å². The van der Waals surface area contributed by atoms with Crippen molar-refractivity contribution < 1.29 is 26.7 Å². The van der Waals surface area contributed by atoms with Crippen molar-refractivity contribution in [2.75, 3.05) is 0 Å². The molecule has 0 spiro atoms. The molecule has 0 saturated heterocycles. The minimum atomic E-state index is -5.89. The third-order valence-corrected chi connectivity index (χ3v) is 2.58. The van der Waals surface area contributed by atoms with Crippen molar-refractivity contribution in [3.63, 3.8) is 0 Å². The number of rotatable bonds is 4. The Morgan fingerprint density at radius 2 is 1.63 bits per heavy atom. The van der Waals surface area contributed by atoms with E-state index >= 15 is 0 Å². The Morgan fingerprint density at radius 3 is 2.11 bits per heavy atom. The van der Waals surface area contributed by atoms with Crippen molar-refractivity contribution in [1.29, 1.82) is 0 Å². The maximum Gasteiger partial charge on any atom is 0.463 e. The molecule has 1 amide bonds. The van der Waals surface area contributed by atoms with E-state index in [2.05, 4.69) is 0 Å². The minimum absolute atomic E-state index is 0.367. The first kappa shape index (κ1) is 15.4. The molecule has 0 radical (unpaired) electrons. The molecule has 0 saturated carbocycles. The molecule has 0 aliphatic heterocycles. The van der Waals surface area contributed by atoms with E-state index in [9.17, 15) is 26.7 Å². The van der Waals surface area contributed by atoms with Crippen LogP contribution in [0.5, 0.6) is 0 Å². The highest BCUT2D eigenvalue weighted by Gasteiger charge is 2.63. The van der Waals surface area contributed by atoms with Crippen molar-refractivity contribution >= 4 is 5.91 Å². The van der Waals surface area contributed by atoms with E-state index in [1.54, 1.807) is 29.6 Å². The number of hydrogen-bond acceptors (Lipinski definition) is 1. The second-order valence-corrected chi connectivity index (χ2v) is 3.88. The van der Waals surface area contributed by atoms with Crippen LogP contribution >= 0.6 is 0 Å². The number of carbonyl (C=O) groups is 1. The summed E-state index contributed by atoms with van der Waals surface area (Å²) in [6.45, 7) is 1.44. The molecule has 1 aromatic rings. The second-order valence-electron chi connectivity index (χ2n) is 3.88. The summed E-state index contributed by atoms with van der Waals surface area (Å²) < 4.78 is 61.2. The van der Waals surface area contributed by atoms with Gasteiger partial charge in [0.05, 0.1) is 0 Å². The van der Waals surface area contributed by atoms with Gasteiger partial charge >= 0.3 is 18.0 Å². The van der Waals surface area contributed by atoms with Gasteiger partial charge in [0.1, 0.15) is 0 Å². The summed E-state index contributed by atoms with van der Waals surface area (Å²) in [6.07, 6.45) is -5.30. The van der Waals surface area contributed by atoms with Crippen molar-refractivity contribution in [1.82, 2.24) is 5.32 Å². The molecule has 0 heterocycles. The first-order chi connectivity index (χ1) is 8.70. The van der Waals surface area contributed by atoms with Gasteiger partial charge < -0.3 is 5.32 Å². The average Bonchev–Trinajstić information content (AvgIpc) is 2.34. The maximum atomic E-state index is 12.7. The monoisotopic (exact) mass is 281 g/mol. The van der Waals surface area contributed by atoms with Gasteiger partial charge in [-0.15, -0.1) is 0 Å². The third-order valence-electron chi connectivity index (χ3n) is 2.58. The van der Waals surface area contributed by atoms with E-state index in [0.29, 0.717) is 12.0 Å². The highest BCUT2D eigenvalue weighted by molar-refractivity contribution is 5.84. The third kappa shape index (κ3) is 3.42. The molecule has 106 valence electrons. The topological polar surface area (TPSA) is 29.1 Å². The second kappa shape index (κ2) is 5.54. The zero-order valence-electron chi connectivity index (χ0n) is 10.0. The smallest absolute Gasteiger partial charge is 0.346 e. The Balaban J connectivity index is 2.75. The van der Waals surface area contributed by atoms with Crippen LogP contribution in [0.15, 0.2) is 24.3 Å². The molecule has 2 nitrogen and oxygen atoms in total. The summed E-state index contributed by atoms with van der Waals surface area (Å²) >= 11 is 0. The fourth-order valence-corrected chi connectivity index (χ4v) is 1.49. The van der Waals surface area contributed by atoms with Crippen LogP contribution in [-0.2, 0) is 17.8 Å². The Morgan fingerprint density at radius 1 is 1.11 bits per heavy atom. The van der Waals surface area contributed by atoms with Crippen molar-refractivity contribution in [2.45, 2.75) is 32.0 Å². The number of aryl methyl sites for hydroxylation is 1. The number of halogens is 5. The maximum absolute atomic E-state index is 12.7. The molecule has 0 atom stereocenters. The molecule has 7 heteroatoms. The minimum Gasteiger partial charge on any atom is -0.346 e. The van der Waals surface area contributed by atoms with Gasteiger partial charge in [-0.2, -0.15) is 22.0 Å². The van der Waals surface area contributed by atoms with Gasteiger partial charge in [0.15, 0.2) is 0 Å². The van der Waals surface area contributed by atoms with Gasteiger partial charge in [-0.25, -0.2) is 0 Å². The Labute approximate surface area is 106 Å². The van der Waals surface area contributed by atoms with Crippen LogP contribution in [0.25, 0.3) is 0 Å². The summed E-state index contributed by atoms with van der Waals surface area (Å²) in [5.74, 6) is -7.72. The van der Waals surface area contributed by atoms with E-state index in [4.69, 9.17) is 0 Å². The predicted molar refractivity (Wildman–Crippen MR) is 58.7 cm³/mol. The SMILES string of the molecule is CCc1ccccc1CNC(=O)C(F)(F)C(F)(F)F. The molecular weight excluding hydrogens is 269 g/mol. The first-order valence-electron chi connectivity index (χ1n) is 5.49. The lowest BCUT2D eigenvalue weighted by Crippen LogP contribution is -2.50. The number of hydrogen-bond donors (Lipinski definition) is 1. The van der Waals surface area contributed by atoms with Crippen LogP contribution in [0, 0.1) is 0 Å².